The molecule has 2 heterocycles. The zero-order valence-corrected chi connectivity index (χ0v) is 17.8. The molecule has 0 fully saturated rings. The summed E-state index contributed by atoms with van der Waals surface area (Å²) < 4.78 is 11.4. The van der Waals surface area contributed by atoms with Gasteiger partial charge in [0.05, 0.1) is 5.75 Å². The largest absolute Gasteiger partial charge is 0.420 e. The van der Waals surface area contributed by atoms with Crippen LogP contribution in [0.15, 0.2) is 62.6 Å². The predicted octanol–water partition coefficient (Wildman–Crippen LogP) is 6.03. The Balaban J connectivity index is 1.40. The Morgan fingerprint density at radius 3 is 2.03 bits per heavy atom. The average molecular weight is 427 g/mol. The fourth-order valence-electron chi connectivity index (χ4n) is 2.64. The molecule has 0 unspecified atom stereocenters. The summed E-state index contributed by atoms with van der Waals surface area (Å²) in [4.78, 5) is 0. The van der Waals surface area contributed by atoms with E-state index in [-0.39, 0.29) is 5.41 Å². The Morgan fingerprint density at radius 1 is 0.793 bits per heavy atom. The molecule has 4 rings (SSSR count). The van der Waals surface area contributed by atoms with Gasteiger partial charge in [-0.15, -0.1) is 20.4 Å². The van der Waals surface area contributed by atoms with Gasteiger partial charge in [0.15, 0.2) is 0 Å². The number of nitrogens with zero attached hydrogens (tertiary/aromatic N) is 4. The molecule has 0 spiro atoms. The zero-order chi connectivity index (χ0) is 20.4. The molecule has 0 saturated carbocycles. The van der Waals surface area contributed by atoms with Crippen LogP contribution in [0.1, 0.15) is 32.2 Å². The third-order valence-electron chi connectivity index (χ3n) is 4.28. The molecule has 148 valence electrons. The molecule has 8 heteroatoms. The zero-order valence-electron chi connectivity index (χ0n) is 16.2. The molecule has 6 nitrogen and oxygen atoms in total. The van der Waals surface area contributed by atoms with E-state index in [0.717, 1.165) is 11.1 Å². The first-order chi connectivity index (χ1) is 13.9. The molecule has 0 aliphatic heterocycles. The summed E-state index contributed by atoms with van der Waals surface area (Å²) >= 11 is 7.25. The number of aromatic nitrogens is 4. The minimum absolute atomic E-state index is 0.101. The molecule has 0 bridgehead atoms. The minimum atomic E-state index is 0.101. The van der Waals surface area contributed by atoms with Crippen molar-refractivity contribution in [3.8, 4) is 22.9 Å². The van der Waals surface area contributed by atoms with Crippen LogP contribution in [0.2, 0.25) is 5.02 Å². The first-order valence-electron chi connectivity index (χ1n) is 9.04. The van der Waals surface area contributed by atoms with Crippen molar-refractivity contribution < 1.29 is 8.83 Å². The lowest BCUT2D eigenvalue weighted by Crippen LogP contribution is -2.10. The van der Waals surface area contributed by atoms with E-state index in [2.05, 4.69) is 53.3 Å². The van der Waals surface area contributed by atoms with Gasteiger partial charge in [0, 0.05) is 16.1 Å². The van der Waals surface area contributed by atoms with Gasteiger partial charge in [-0.25, -0.2) is 0 Å². The maximum Gasteiger partial charge on any atom is 0.277 e. The van der Waals surface area contributed by atoms with E-state index in [1.807, 2.05) is 24.3 Å². The maximum absolute atomic E-state index is 5.90. The van der Waals surface area contributed by atoms with Gasteiger partial charge < -0.3 is 8.83 Å². The Kier molecular flexibility index (Phi) is 5.43. The molecule has 0 saturated heterocycles. The van der Waals surface area contributed by atoms with Gasteiger partial charge >= 0.3 is 0 Å². The number of hydrogen-bond donors (Lipinski definition) is 0. The van der Waals surface area contributed by atoms with Crippen molar-refractivity contribution in [1.29, 1.82) is 0 Å². The minimum Gasteiger partial charge on any atom is -0.420 e. The third kappa shape index (κ3) is 4.68. The summed E-state index contributed by atoms with van der Waals surface area (Å²) in [6, 6.07) is 15.4. The normalized spacial score (nSPS) is 11.7. The van der Waals surface area contributed by atoms with Gasteiger partial charge in [-0.1, -0.05) is 56.3 Å². The monoisotopic (exact) mass is 426 g/mol. The molecule has 4 aromatic rings. The number of rotatable bonds is 5. The van der Waals surface area contributed by atoms with Crippen LogP contribution in [0.5, 0.6) is 0 Å². The van der Waals surface area contributed by atoms with Crippen LogP contribution in [0.3, 0.4) is 0 Å². The molecule has 0 N–H and O–H groups in total. The molecule has 0 radical (unpaired) electrons. The summed E-state index contributed by atoms with van der Waals surface area (Å²) in [5.41, 5.74) is 3.06. The lowest BCUT2D eigenvalue weighted by Gasteiger charge is -2.18. The smallest absolute Gasteiger partial charge is 0.277 e. The molecular formula is C21H19ClN4O2S. The summed E-state index contributed by atoms with van der Waals surface area (Å²) in [5, 5.41) is 17.5. The number of benzene rings is 2. The second kappa shape index (κ2) is 8.00. The highest BCUT2D eigenvalue weighted by atomic mass is 35.5. The van der Waals surface area contributed by atoms with Crippen LogP contribution < -0.4 is 0 Å². The topological polar surface area (TPSA) is 77.8 Å². The number of thioether (sulfide) groups is 1. The van der Waals surface area contributed by atoms with E-state index in [9.17, 15) is 0 Å². The van der Waals surface area contributed by atoms with Crippen LogP contribution in [-0.2, 0) is 11.2 Å². The molecule has 0 atom stereocenters. The van der Waals surface area contributed by atoms with Crippen molar-refractivity contribution in [3.05, 3.63) is 65.0 Å². The maximum atomic E-state index is 5.90. The number of halogens is 1. The van der Waals surface area contributed by atoms with E-state index in [1.54, 1.807) is 12.1 Å². The highest BCUT2D eigenvalue weighted by Gasteiger charge is 2.16. The summed E-state index contributed by atoms with van der Waals surface area (Å²) in [6.45, 7) is 6.54. The first kappa shape index (κ1) is 19.7. The van der Waals surface area contributed by atoms with Crippen molar-refractivity contribution in [2.75, 3.05) is 0 Å². The van der Waals surface area contributed by atoms with Gasteiger partial charge in [0.25, 0.3) is 5.22 Å². The highest BCUT2D eigenvalue weighted by Crippen LogP contribution is 2.29. The summed E-state index contributed by atoms with van der Waals surface area (Å²) in [7, 11) is 0. The Morgan fingerprint density at radius 2 is 1.38 bits per heavy atom. The molecule has 2 aromatic heterocycles. The van der Waals surface area contributed by atoms with E-state index < -0.39 is 0 Å². The lowest BCUT2D eigenvalue weighted by atomic mass is 9.87. The van der Waals surface area contributed by atoms with Crippen molar-refractivity contribution in [1.82, 2.24) is 20.4 Å². The summed E-state index contributed by atoms with van der Waals surface area (Å²) in [5.74, 6) is 1.85. The SMILES string of the molecule is CC(C)(C)c1ccc(-c2nnc(SCc3nnc(-c4ccc(Cl)cc4)o3)o2)cc1. The Labute approximate surface area is 177 Å². The van der Waals surface area contributed by atoms with Crippen LogP contribution in [0.4, 0.5) is 0 Å². The van der Waals surface area contributed by atoms with Crippen molar-refractivity contribution in [2.24, 2.45) is 0 Å². The van der Waals surface area contributed by atoms with Gasteiger partial charge in [-0.3, -0.25) is 0 Å². The van der Waals surface area contributed by atoms with Crippen molar-refractivity contribution in [2.45, 2.75) is 37.2 Å². The first-order valence-corrected chi connectivity index (χ1v) is 10.4. The van der Waals surface area contributed by atoms with E-state index >= 15 is 0 Å². The van der Waals surface area contributed by atoms with Crippen LogP contribution in [0.25, 0.3) is 22.9 Å². The molecule has 0 aliphatic carbocycles. The standard InChI is InChI=1S/C21H19ClN4O2S/c1-21(2,3)15-8-4-13(5-9-15)19-25-26-20(28-19)29-12-17-23-24-18(27-17)14-6-10-16(22)11-7-14/h4-11H,12H2,1-3H3. The van der Waals surface area contributed by atoms with E-state index in [1.165, 1.54) is 17.3 Å². The van der Waals surface area contributed by atoms with Crippen LogP contribution >= 0.6 is 23.4 Å². The fraction of sp³-hybridized carbons (Fsp3) is 0.238. The Hall–Kier alpha value is -2.64. The van der Waals surface area contributed by atoms with E-state index in [0.29, 0.717) is 33.7 Å². The molecule has 29 heavy (non-hydrogen) atoms. The van der Waals surface area contributed by atoms with Gasteiger partial charge in [-0.2, -0.15) is 0 Å². The Bertz CT molecular complexity index is 1100. The van der Waals surface area contributed by atoms with E-state index in [4.69, 9.17) is 20.4 Å². The van der Waals surface area contributed by atoms with Crippen LogP contribution in [0, 0.1) is 0 Å². The quantitative estimate of drug-likeness (QED) is 0.360. The van der Waals surface area contributed by atoms with Gasteiger partial charge in [0.1, 0.15) is 0 Å². The molecular weight excluding hydrogens is 408 g/mol. The van der Waals surface area contributed by atoms with Crippen molar-refractivity contribution in [3.63, 3.8) is 0 Å². The lowest BCUT2D eigenvalue weighted by molar-refractivity contribution is 0.464. The fourth-order valence-corrected chi connectivity index (χ4v) is 3.37. The third-order valence-corrected chi connectivity index (χ3v) is 5.34. The van der Waals surface area contributed by atoms with Gasteiger partial charge in [-0.05, 0) is 47.4 Å². The summed E-state index contributed by atoms with van der Waals surface area (Å²) in [6.07, 6.45) is 0. The second-order valence-electron chi connectivity index (χ2n) is 7.50. The van der Waals surface area contributed by atoms with Crippen molar-refractivity contribution >= 4 is 23.4 Å². The molecule has 0 amide bonds. The van der Waals surface area contributed by atoms with Crippen LogP contribution in [-0.4, -0.2) is 20.4 Å². The molecule has 0 aliphatic rings. The average Bonchev–Trinajstić information content (AvgIpc) is 3.36. The predicted molar refractivity (Wildman–Crippen MR) is 113 cm³/mol. The second-order valence-corrected chi connectivity index (χ2v) is 8.86. The molecule has 2 aromatic carbocycles. The van der Waals surface area contributed by atoms with Gasteiger partial charge in [0.2, 0.25) is 17.7 Å². The number of hydrogen-bond acceptors (Lipinski definition) is 7. The highest BCUT2D eigenvalue weighted by molar-refractivity contribution is 7.98.